The molecule has 17 heteroatoms. The summed E-state index contributed by atoms with van der Waals surface area (Å²) in [6.07, 6.45) is 5.33. The van der Waals surface area contributed by atoms with Crippen molar-refractivity contribution >= 4 is 79.2 Å². The van der Waals surface area contributed by atoms with Crippen LogP contribution in [0, 0.1) is 29.6 Å². The maximum atomic E-state index is 13.6. The van der Waals surface area contributed by atoms with Gasteiger partial charge in [0.2, 0.25) is 17.7 Å². The number of hydrogen-bond acceptors (Lipinski definition) is 13. The second-order valence-electron chi connectivity index (χ2n) is 19.2. The zero-order chi connectivity index (χ0) is 49.4. The molecule has 0 bridgehead atoms. The minimum absolute atomic E-state index is 0.0504. The number of piperidine rings is 1. The van der Waals surface area contributed by atoms with E-state index in [4.69, 9.17) is 15.1 Å². The number of benzene rings is 4. The van der Waals surface area contributed by atoms with Crippen molar-refractivity contribution < 1.29 is 33.8 Å². The SMILES string of the molecule is CNc1cc(NC(=O)CN2CC3(CC(CCCOc4cccc(-c5ccc(N6CCc7cccc(C(=O)Nc8nc9ccccc9s8)c7C6)nc5C(=O)O)c4C)C3)C2)ccc1C(=N)C1CCC(=O)NC1=O. The molecule has 4 aromatic carbocycles. The van der Waals surface area contributed by atoms with E-state index in [0.717, 1.165) is 71.2 Å². The summed E-state index contributed by atoms with van der Waals surface area (Å²) in [7, 11) is 1.72. The summed E-state index contributed by atoms with van der Waals surface area (Å²) >= 11 is 1.43. The number of pyridine rings is 1. The molecule has 6 N–H and O–H groups in total. The number of aromatic carboxylic acids is 1. The van der Waals surface area contributed by atoms with Crippen LogP contribution in [0.1, 0.15) is 81.6 Å². The average Bonchev–Trinajstić information content (AvgIpc) is 3.75. The lowest BCUT2D eigenvalue weighted by molar-refractivity contribution is -0.134. The first kappa shape index (κ1) is 47.2. The van der Waals surface area contributed by atoms with Crippen molar-refractivity contribution in [2.24, 2.45) is 17.3 Å². The van der Waals surface area contributed by atoms with Crippen molar-refractivity contribution in [2.45, 2.75) is 58.4 Å². The molecule has 1 spiro atoms. The maximum absolute atomic E-state index is 13.6. The number of para-hydroxylation sites is 1. The van der Waals surface area contributed by atoms with Gasteiger partial charge in [-0.1, -0.05) is 47.7 Å². The Labute approximate surface area is 414 Å². The van der Waals surface area contributed by atoms with Crippen molar-refractivity contribution in [2.75, 3.05) is 60.7 Å². The lowest BCUT2D eigenvalue weighted by Crippen LogP contribution is -2.63. The fourth-order valence-corrected chi connectivity index (χ4v) is 11.8. The van der Waals surface area contributed by atoms with Crippen LogP contribution in [0.15, 0.2) is 91.0 Å². The molecule has 3 aliphatic heterocycles. The first-order valence-electron chi connectivity index (χ1n) is 24.1. The van der Waals surface area contributed by atoms with E-state index in [0.29, 0.717) is 89.8 Å². The molecule has 10 rings (SSSR count). The summed E-state index contributed by atoms with van der Waals surface area (Å²) < 4.78 is 7.31. The van der Waals surface area contributed by atoms with Crippen LogP contribution >= 0.6 is 11.3 Å². The van der Waals surface area contributed by atoms with Gasteiger partial charge in [0.05, 0.1) is 35.0 Å². The van der Waals surface area contributed by atoms with Crippen molar-refractivity contribution in [3.05, 3.63) is 125 Å². The molecule has 71 heavy (non-hydrogen) atoms. The second kappa shape index (κ2) is 19.7. The quantitative estimate of drug-likeness (QED) is 0.0308. The Balaban J connectivity index is 0.690. The predicted octanol–water partition coefficient (Wildman–Crippen LogP) is 8.15. The van der Waals surface area contributed by atoms with Crippen molar-refractivity contribution in [3.8, 4) is 16.9 Å². The minimum atomic E-state index is -1.13. The van der Waals surface area contributed by atoms with E-state index in [1.54, 1.807) is 25.2 Å². The van der Waals surface area contributed by atoms with Crippen molar-refractivity contribution in [1.29, 1.82) is 5.41 Å². The summed E-state index contributed by atoms with van der Waals surface area (Å²) in [5, 5.41) is 31.0. The molecule has 2 aromatic heterocycles. The van der Waals surface area contributed by atoms with E-state index < -0.39 is 17.8 Å². The van der Waals surface area contributed by atoms with Gasteiger partial charge in [-0.25, -0.2) is 14.8 Å². The second-order valence-corrected chi connectivity index (χ2v) is 20.3. The lowest BCUT2D eigenvalue weighted by Gasteiger charge is -2.59. The zero-order valence-electron chi connectivity index (χ0n) is 39.6. The number of fused-ring (bicyclic) bond motifs is 2. The monoisotopic (exact) mass is 973 g/mol. The van der Waals surface area contributed by atoms with Crippen LogP contribution in [-0.2, 0) is 27.3 Å². The molecule has 3 fully saturated rings. The van der Waals surface area contributed by atoms with Gasteiger partial charge in [-0.3, -0.25) is 34.7 Å². The highest BCUT2D eigenvalue weighted by Crippen LogP contribution is 2.53. The molecule has 1 saturated carbocycles. The lowest BCUT2D eigenvalue weighted by atomic mass is 9.57. The molecule has 1 atom stereocenters. The highest BCUT2D eigenvalue weighted by molar-refractivity contribution is 7.22. The fourth-order valence-electron chi connectivity index (χ4n) is 11.0. The number of carboxylic acids is 1. The number of anilines is 4. The third-order valence-electron chi connectivity index (χ3n) is 14.4. The number of likely N-dealkylation sites (tertiary alicyclic amines) is 1. The van der Waals surface area contributed by atoms with Gasteiger partial charge in [-0.15, -0.1) is 0 Å². The molecule has 4 aliphatic rings. The number of thiazole rings is 1. The smallest absolute Gasteiger partial charge is 0.355 e. The molecule has 2 saturated heterocycles. The van der Waals surface area contributed by atoms with Crippen LogP contribution in [0.4, 0.5) is 22.3 Å². The van der Waals surface area contributed by atoms with E-state index in [1.165, 1.54) is 11.3 Å². The van der Waals surface area contributed by atoms with Gasteiger partial charge in [0.1, 0.15) is 11.6 Å². The molecule has 1 unspecified atom stereocenters. The number of aromatic nitrogens is 2. The molecule has 6 aromatic rings. The average molecular weight is 974 g/mol. The Hall–Kier alpha value is -7.50. The molecule has 364 valence electrons. The Morgan fingerprint density at radius 1 is 0.930 bits per heavy atom. The number of imide groups is 1. The minimum Gasteiger partial charge on any atom is -0.493 e. The van der Waals surface area contributed by atoms with Gasteiger partial charge in [-0.05, 0) is 134 Å². The number of hydrogen-bond donors (Lipinski definition) is 6. The molecular weight excluding hydrogens is 919 g/mol. The van der Waals surface area contributed by atoms with Gasteiger partial charge >= 0.3 is 5.97 Å². The number of amides is 4. The van der Waals surface area contributed by atoms with E-state index in [1.807, 2.05) is 84.6 Å². The zero-order valence-corrected chi connectivity index (χ0v) is 40.4. The van der Waals surface area contributed by atoms with Crippen LogP contribution in [0.25, 0.3) is 21.3 Å². The van der Waals surface area contributed by atoms with E-state index in [-0.39, 0.29) is 41.0 Å². The molecular formula is C54H55N9O7S. The summed E-state index contributed by atoms with van der Waals surface area (Å²) in [6, 6.07) is 28.1. The van der Waals surface area contributed by atoms with Gasteiger partial charge < -0.3 is 30.8 Å². The van der Waals surface area contributed by atoms with E-state index in [2.05, 4.69) is 31.2 Å². The number of carboxylic acid groups (broad SMARTS) is 1. The molecule has 0 radical (unpaired) electrons. The Bertz CT molecular complexity index is 3090. The number of nitrogens with zero attached hydrogens (tertiary/aromatic N) is 4. The van der Waals surface area contributed by atoms with Crippen LogP contribution in [-0.4, -0.2) is 95.1 Å². The normalized spacial score (nSPS) is 17.4. The molecule has 4 amide bonds. The number of rotatable bonds is 16. The van der Waals surface area contributed by atoms with Gasteiger partial charge in [0.25, 0.3) is 5.91 Å². The van der Waals surface area contributed by atoms with Gasteiger partial charge in [0.15, 0.2) is 10.8 Å². The summed E-state index contributed by atoms with van der Waals surface area (Å²) in [6.45, 7) is 5.55. The molecule has 5 heterocycles. The Kier molecular flexibility index (Phi) is 13.1. The molecule has 1 aliphatic carbocycles. The van der Waals surface area contributed by atoms with Gasteiger partial charge in [-0.2, -0.15) is 0 Å². The summed E-state index contributed by atoms with van der Waals surface area (Å²) in [5.74, 6) is -1.14. The number of ether oxygens (including phenoxy) is 1. The standard InChI is InChI=1S/C54H55N9O7S/c1-31-35(36-17-19-45(59-49(36)52(68)69)63-22-21-33-9-5-11-37(40(33)27-63)50(66)61-53-58-41-12-3-4-14-44(41)71-53)10-6-13-43(31)70-23-7-8-32-25-54(26-32)29-62(30-54)28-47(65)57-34-15-16-38(42(24-34)56-2)48(55)39-18-20-46(64)60-51(39)67/h3-6,9-17,19,24,32,39,55-56H,7-8,18,20-23,25-30H2,1-2H3,(H,57,65)(H,68,69)(H,58,61,66)(H,60,64,67). The summed E-state index contributed by atoms with van der Waals surface area (Å²) in [4.78, 5) is 76.9. The number of carbonyl (C=O) groups is 5. The first-order valence-corrected chi connectivity index (χ1v) is 24.9. The van der Waals surface area contributed by atoms with Crippen molar-refractivity contribution in [3.63, 3.8) is 0 Å². The van der Waals surface area contributed by atoms with E-state index in [9.17, 15) is 29.1 Å². The third-order valence-corrected chi connectivity index (χ3v) is 15.4. The third kappa shape index (κ3) is 9.84. The fraction of sp³-hybridized carbons (Fsp3) is 0.333. The first-order chi connectivity index (χ1) is 34.3. The largest absolute Gasteiger partial charge is 0.493 e. The van der Waals surface area contributed by atoms with Crippen LogP contribution < -0.4 is 30.9 Å². The Morgan fingerprint density at radius 2 is 1.75 bits per heavy atom. The number of carbonyl (C=O) groups excluding carboxylic acids is 4. The Morgan fingerprint density at radius 3 is 2.54 bits per heavy atom. The van der Waals surface area contributed by atoms with Gasteiger partial charge in [0, 0.05) is 67.7 Å². The van der Waals surface area contributed by atoms with Crippen molar-refractivity contribution in [1.82, 2.24) is 20.2 Å². The summed E-state index contributed by atoms with van der Waals surface area (Å²) in [5.41, 5.74) is 7.53. The van der Waals surface area contributed by atoms with Crippen LogP contribution in [0.2, 0.25) is 0 Å². The topological polar surface area (TPSA) is 219 Å². The number of nitrogens with one attached hydrogen (secondary N) is 5. The maximum Gasteiger partial charge on any atom is 0.355 e. The highest BCUT2D eigenvalue weighted by atomic mass is 32.1. The highest BCUT2D eigenvalue weighted by Gasteiger charge is 2.51. The predicted molar refractivity (Wildman–Crippen MR) is 274 cm³/mol. The molecule has 16 nitrogen and oxygen atoms in total. The van der Waals surface area contributed by atoms with Crippen LogP contribution in [0.3, 0.4) is 0 Å². The van der Waals surface area contributed by atoms with Crippen LogP contribution in [0.5, 0.6) is 5.75 Å². The van der Waals surface area contributed by atoms with E-state index >= 15 is 0 Å².